The highest BCUT2D eigenvalue weighted by Gasteiger charge is 2.06. The Kier molecular flexibility index (Phi) is 5.71. The van der Waals surface area contributed by atoms with Gasteiger partial charge in [-0.1, -0.05) is 26.7 Å². The lowest BCUT2D eigenvalue weighted by Crippen LogP contribution is -2.25. The summed E-state index contributed by atoms with van der Waals surface area (Å²) in [6, 6.07) is 0. The van der Waals surface area contributed by atoms with Crippen LogP contribution in [0.4, 0.5) is 0 Å². The number of likely N-dealkylation sites (tertiary alicyclic amines) is 1. The fraction of sp³-hybridized carbons (Fsp3) is 0.846. The first-order valence-electron chi connectivity index (χ1n) is 6.00. The molecule has 80 valence electrons. The third-order valence-electron chi connectivity index (χ3n) is 2.64. The Bertz CT molecular complexity index is 189. The van der Waals surface area contributed by atoms with Gasteiger partial charge in [-0.25, -0.2) is 0 Å². The van der Waals surface area contributed by atoms with Gasteiger partial charge < -0.3 is 4.90 Å². The van der Waals surface area contributed by atoms with Gasteiger partial charge in [0.1, 0.15) is 0 Å². The van der Waals surface area contributed by atoms with Crippen LogP contribution in [0.5, 0.6) is 0 Å². The van der Waals surface area contributed by atoms with Crippen molar-refractivity contribution in [2.45, 2.75) is 46.0 Å². The third-order valence-corrected chi connectivity index (χ3v) is 2.64. The lowest BCUT2D eigenvalue weighted by Gasteiger charge is -2.17. The molecule has 0 aromatic heterocycles. The fourth-order valence-electron chi connectivity index (χ4n) is 1.85. The molecule has 0 unspecified atom stereocenters. The molecule has 0 aromatic rings. The van der Waals surface area contributed by atoms with Crippen LogP contribution in [0, 0.1) is 17.8 Å². The first kappa shape index (κ1) is 11.6. The molecule has 1 aliphatic rings. The Balaban J connectivity index is 2.14. The van der Waals surface area contributed by atoms with E-state index in [0.717, 1.165) is 6.42 Å². The van der Waals surface area contributed by atoms with Gasteiger partial charge in [0.25, 0.3) is 0 Å². The first-order valence-corrected chi connectivity index (χ1v) is 6.00. The number of nitrogens with zero attached hydrogens (tertiary/aromatic N) is 1. The molecule has 1 heterocycles. The topological polar surface area (TPSA) is 3.24 Å². The van der Waals surface area contributed by atoms with Crippen molar-refractivity contribution in [2.75, 3.05) is 19.6 Å². The predicted molar refractivity (Wildman–Crippen MR) is 62.1 cm³/mol. The number of hydrogen-bond donors (Lipinski definition) is 0. The van der Waals surface area contributed by atoms with Crippen molar-refractivity contribution in [1.29, 1.82) is 0 Å². The van der Waals surface area contributed by atoms with Crippen molar-refractivity contribution < 1.29 is 0 Å². The SMILES string of the molecule is CC(C)C#CCCN1CCCCCC1. The summed E-state index contributed by atoms with van der Waals surface area (Å²) in [7, 11) is 0. The lowest BCUT2D eigenvalue weighted by atomic mass is 10.2. The quantitative estimate of drug-likeness (QED) is 0.610. The summed E-state index contributed by atoms with van der Waals surface area (Å²) in [5.41, 5.74) is 0. The second kappa shape index (κ2) is 6.90. The molecule has 0 aromatic carbocycles. The zero-order valence-electron chi connectivity index (χ0n) is 9.68. The van der Waals surface area contributed by atoms with Gasteiger partial charge in [-0.2, -0.15) is 0 Å². The van der Waals surface area contributed by atoms with Crippen LogP contribution in [0.1, 0.15) is 46.0 Å². The molecule has 0 aliphatic carbocycles. The Labute approximate surface area is 88.9 Å². The molecule has 1 heteroatoms. The minimum Gasteiger partial charge on any atom is -0.302 e. The minimum atomic E-state index is 0.527. The van der Waals surface area contributed by atoms with E-state index in [4.69, 9.17) is 0 Å². The van der Waals surface area contributed by atoms with E-state index in [9.17, 15) is 0 Å². The second-order valence-corrected chi connectivity index (χ2v) is 4.48. The van der Waals surface area contributed by atoms with Crippen LogP contribution in [0.15, 0.2) is 0 Å². The van der Waals surface area contributed by atoms with Crippen molar-refractivity contribution >= 4 is 0 Å². The molecule has 0 amide bonds. The summed E-state index contributed by atoms with van der Waals surface area (Å²) in [4.78, 5) is 2.57. The highest BCUT2D eigenvalue weighted by molar-refractivity contribution is 5.01. The maximum atomic E-state index is 3.26. The maximum Gasteiger partial charge on any atom is 0.0217 e. The minimum absolute atomic E-state index is 0.527. The van der Waals surface area contributed by atoms with Crippen LogP contribution in [0.25, 0.3) is 0 Å². The molecule has 0 atom stereocenters. The van der Waals surface area contributed by atoms with E-state index in [2.05, 4.69) is 30.6 Å². The van der Waals surface area contributed by atoms with Crippen molar-refractivity contribution in [3.63, 3.8) is 0 Å². The van der Waals surface area contributed by atoms with Gasteiger partial charge >= 0.3 is 0 Å². The molecule has 1 fully saturated rings. The van der Waals surface area contributed by atoms with E-state index in [1.54, 1.807) is 0 Å². The zero-order chi connectivity index (χ0) is 10.2. The van der Waals surface area contributed by atoms with E-state index in [-0.39, 0.29) is 0 Å². The van der Waals surface area contributed by atoms with E-state index in [1.807, 2.05) is 0 Å². The summed E-state index contributed by atoms with van der Waals surface area (Å²) in [5, 5.41) is 0. The van der Waals surface area contributed by atoms with E-state index in [1.165, 1.54) is 45.3 Å². The highest BCUT2D eigenvalue weighted by Crippen LogP contribution is 2.09. The average molecular weight is 193 g/mol. The Morgan fingerprint density at radius 2 is 1.71 bits per heavy atom. The standard InChI is InChI=1S/C13H23N/c1-13(2)9-5-8-12-14-10-6-3-4-7-11-14/h13H,3-4,6-8,10-12H2,1-2H3. The number of hydrogen-bond acceptors (Lipinski definition) is 1. The van der Waals surface area contributed by atoms with E-state index < -0.39 is 0 Å². The third kappa shape index (κ3) is 5.29. The highest BCUT2D eigenvalue weighted by atomic mass is 15.1. The smallest absolute Gasteiger partial charge is 0.0217 e. The maximum absolute atomic E-state index is 3.26. The van der Waals surface area contributed by atoms with Crippen LogP contribution in [-0.4, -0.2) is 24.5 Å². The van der Waals surface area contributed by atoms with Crippen molar-refractivity contribution in [2.24, 2.45) is 5.92 Å². The summed E-state index contributed by atoms with van der Waals surface area (Å²) in [6.45, 7) is 8.07. The van der Waals surface area contributed by atoms with Crippen molar-refractivity contribution in [3.8, 4) is 11.8 Å². The van der Waals surface area contributed by atoms with E-state index in [0.29, 0.717) is 5.92 Å². The first-order chi connectivity index (χ1) is 6.79. The van der Waals surface area contributed by atoms with Crippen LogP contribution >= 0.6 is 0 Å². The van der Waals surface area contributed by atoms with Gasteiger partial charge in [-0.05, 0) is 25.9 Å². The van der Waals surface area contributed by atoms with Gasteiger partial charge in [0.2, 0.25) is 0 Å². The van der Waals surface area contributed by atoms with Gasteiger partial charge in [-0.15, -0.1) is 11.8 Å². The Morgan fingerprint density at radius 3 is 2.29 bits per heavy atom. The predicted octanol–water partition coefficient (Wildman–Crippen LogP) is 2.91. The molecule has 1 nitrogen and oxygen atoms in total. The van der Waals surface area contributed by atoms with Crippen LogP contribution in [0.3, 0.4) is 0 Å². The van der Waals surface area contributed by atoms with Crippen LogP contribution < -0.4 is 0 Å². The van der Waals surface area contributed by atoms with Gasteiger partial charge in [0.05, 0.1) is 0 Å². The Hall–Kier alpha value is -0.480. The molecular formula is C13H23N. The van der Waals surface area contributed by atoms with Crippen LogP contribution in [0.2, 0.25) is 0 Å². The Morgan fingerprint density at radius 1 is 1.07 bits per heavy atom. The molecule has 0 radical (unpaired) electrons. The van der Waals surface area contributed by atoms with Crippen molar-refractivity contribution in [3.05, 3.63) is 0 Å². The molecule has 0 bridgehead atoms. The fourth-order valence-corrected chi connectivity index (χ4v) is 1.85. The molecule has 0 N–H and O–H groups in total. The second-order valence-electron chi connectivity index (χ2n) is 4.48. The van der Waals surface area contributed by atoms with Gasteiger partial charge in [-0.3, -0.25) is 0 Å². The molecule has 1 aliphatic heterocycles. The largest absolute Gasteiger partial charge is 0.302 e. The van der Waals surface area contributed by atoms with Crippen molar-refractivity contribution in [1.82, 2.24) is 4.90 Å². The zero-order valence-corrected chi connectivity index (χ0v) is 9.68. The summed E-state index contributed by atoms with van der Waals surface area (Å²) in [6.07, 6.45) is 6.68. The molecule has 1 rings (SSSR count). The number of rotatable bonds is 2. The van der Waals surface area contributed by atoms with Crippen LogP contribution in [-0.2, 0) is 0 Å². The van der Waals surface area contributed by atoms with Gasteiger partial charge in [0.15, 0.2) is 0 Å². The molecule has 0 saturated carbocycles. The normalized spacial score (nSPS) is 18.8. The molecule has 1 saturated heterocycles. The lowest BCUT2D eigenvalue weighted by molar-refractivity contribution is 0.292. The summed E-state index contributed by atoms with van der Waals surface area (Å²) < 4.78 is 0. The molecular weight excluding hydrogens is 170 g/mol. The van der Waals surface area contributed by atoms with Gasteiger partial charge in [0, 0.05) is 18.9 Å². The molecule has 14 heavy (non-hydrogen) atoms. The average Bonchev–Trinajstić information content (AvgIpc) is 2.40. The summed E-state index contributed by atoms with van der Waals surface area (Å²) in [5.74, 6) is 7.01. The molecule has 0 spiro atoms. The van der Waals surface area contributed by atoms with E-state index >= 15 is 0 Å². The monoisotopic (exact) mass is 193 g/mol. The summed E-state index contributed by atoms with van der Waals surface area (Å²) >= 11 is 0.